The van der Waals surface area contributed by atoms with Gasteiger partial charge in [-0.15, -0.1) is 0 Å². The molecule has 3 aromatic rings. The minimum absolute atomic E-state index is 0.0346. The molecule has 0 aliphatic heterocycles. The summed E-state index contributed by atoms with van der Waals surface area (Å²) in [6.07, 6.45) is 1.48. The van der Waals surface area contributed by atoms with E-state index in [0.717, 1.165) is 4.47 Å². The molecule has 34 heavy (non-hydrogen) atoms. The maximum atomic E-state index is 13.2. The maximum absolute atomic E-state index is 13.2. The van der Waals surface area contributed by atoms with Crippen molar-refractivity contribution in [3.8, 4) is 11.5 Å². The molecule has 0 saturated heterocycles. The highest BCUT2D eigenvalue weighted by atomic mass is 79.9. The van der Waals surface area contributed by atoms with E-state index >= 15 is 0 Å². The van der Waals surface area contributed by atoms with Crippen LogP contribution in [0, 0.1) is 0 Å². The van der Waals surface area contributed by atoms with Gasteiger partial charge in [0.25, 0.3) is 11.8 Å². The van der Waals surface area contributed by atoms with Crippen LogP contribution in [0.2, 0.25) is 0 Å². The Morgan fingerprint density at radius 1 is 0.882 bits per heavy atom. The molecule has 3 aromatic carbocycles. The van der Waals surface area contributed by atoms with E-state index in [1.165, 1.54) is 38.5 Å². The van der Waals surface area contributed by atoms with E-state index in [2.05, 4.69) is 26.6 Å². The number of ether oxygens (including phenoxy) is 2. The molecule has 0 aromatic heterocycles. The monoisotopic (exact) mass is 524 g/mol. The van der Waals surface area contributed by atoms with E-state index in [4.69, 9.17) is 9.47 Å². The quantitative estimate of drug-likeness (QED) is 0.372. The van der Waals surface area contributed by atoms with Gasteiger partial charge in [-0.25, -0.2) is 4.79 Å². The Morgan fingerprint density at radius 3 is 2.24 bits per heavy atom. The molecule has 0 radical (unpaired) electrons. The molecule has 8 nitrogen and oxygen atoms in total. The van der Waals surface area contributed by atoms with E-state index < -0.39 is 17.8 Å². The third kappa shape index (κ3) is 6.02. The van der Waals surface area contributed by atoms with Crippen molar-refractivity contribution in [3.05, 3.63) is 93.6 Å². The van der Waals surface area contributed by atoms with Crippen molar-refractivity contribution >= 4 is 45.5 Å². The zero-order valence-electron chi connectivity index (χ0n) is 18.3. The van der Waals surface area contributed by atoms with Gasteiger partial charge >= 0.3 is 5.97 Å². The number of carbonyl (C=O) groups is 3. The first kappa shape index (κ1) is 24.5. The fourth-order valence-corrected chi connectivity index (χ4v) is 3.41. The van der Waals surface area contributed by atoms with Crippen molar-refractivity contribution in [3.63, 3.8) is 0 Å². The van der Waals surface area contributed by atoms with E-state index in [1.807, 2.05) is 0 Å². The average molecular weight is 525 g/mol. The number of carbonyl (C=O) groups excluding carboxylic acids is 2. The third-order valence-corrected chi connectivity index (χ3v) is 5.36. The van der Waals surface area contributed by atoms with Crippen LogP contribution < -0.4 is 20.1 Å². The lowest BCUT2D eigenvalue weighted by Gasteiger charge is -2.14. The second-order valence-corrected chi connectivity index (χ2v) is 7.80. The number of hydrogen-bond donors (Lipinski definition) is 3. The molecule has 3 rings (SSSR count). The lowest BCUT2D eigenvalue weighted by atomic mass is 10.1. The van der Waals surface area contributed by atoms with E-state index in [1.54, 1.807) is 48.5 Å². The summed E-state index contributed by atoms with van der Waals surface area (Å²) < 4.78 is 11.3. The molecule has 0 aliphatic carbocycles. The van der Waals surface area contributed by atoms with Crippen molar-refractivity contribution in [1.82, 2.24) is 5.32 Å². The smallest absolute Gasteiger partial charge is 0.335 e. The van der Waals surface area contributed by atoms with Crippen LogP contribution in [0.1, 0.15) is 26.3 Å². The summed E-state index contributed by atoms with van der Waals surface area (Å²) in [6, 6.07) is 17.7. The molecular formula is C25H21BrN2O6. The predicted molar refractivity (Wildman–Crippen MR) is 131 cm³/mol. The zero-order chi connectivity index (χ0) is 24.7. The second-order valence-electron chi connectivity index (χ2n) is 6.95. The van der Waals surface area contributed by atoms with Crippen LogP contribution in [0.5, 0.6) is 11.5 Å². The summed E-state index contributed by atoms with van der Waals surface area (Å²) in [4.78, 5) is 37.4. The molecule has 174 valence electrons. The summed E-state index contributed by atoms with van der Waals surface area (Å²) >= 11 is 3.38. The maximum Gasteiger partial charge on any atom is 0.335 e. The fourth-order valence-electron chi connectivity index (χ4n) is 3.00. The summed E-state index contributed by atoms with van der Waals surface area (Å²) in [7, 11) is 2.91. The Bertz CT molecular complexity index is 1260. The molecular weight excluding hydrogens is 504 g/mol. The van der Waals surface area contributed by atoms with Gasteiger partial charge in [-0.2, -0.15) is 0 Å². The van der Waals surface area contributed by atoms with Crippen LogP contribution in [0.25, 0.3) is 6.08 Å². The minimum atomic E-state index is -1.16. The van der Waals surface area contributed by atoms with Gasteiger partial charge in [0.2, 0.25) is 0 Å². The van der Waals surface area contributed by atoms with Crippen molar-refractivity contribution in [1.29, 1.82) is 0 Å². The summed E-state index contributed by atoms with van der Waals surface area (Å²) in [5, 5.41) is 14.5. The van der Waals surface area contributed by atoms with Crippen LogP contribution in [-0.4, -0.2) is 37.1 Å². The van der Waals surface area contributed by atoms with Gasteiger partial charge in [-0.1, -0.05) is 24.3 Å². The average Bonchev–Trinajstić information content (AvgIpc) is 2.85. The van der Waals surface area contributed by atoms with Gasteiger partial charge in [0.05, 0.1) is 29.9 Å². The molecule has 0 bridgehead atoms. The molecule has 3 N–H and O–H groups in total. The van der Waals surface area contributed by atoms with Crippen LogP contribution in [-0.2, 0) is 4.79 Å². The van der Waals surface area contributed by atoms with Crippen LogP contribution in [0.4, 0.5) is 5.69 Å². The van der Waals surface area contributed by atoms with Crippen molar-refractivity contribution in [2.24, 2.45) is 0 Å². The van der Waals surface area contributed by atoms with E-state index in [9.17, 15) is 19.5 Å². The summed E-state index contributed by atoms with van der Waals surface area (Å²) in [5.41, 5.74) is 0.985. The van der Waals surface area contributed by atoms with Crippen molar-refractivity contribution < 1.29 is 29.0 Å². The summed E-state index contributed by atoms with van der Waals surface area (Å²) in [5.74, 6) is -1.52. The number of amides is 2. The SMILES string of the molecule is COc1cc(C=C(NC(=O)c2ccccc2)C(=O)Nc2cc(C(=O)O)ccc2OC)ccc1Br. The number of aromatic carboxylic acids is 1. The highest BCUT2D eigenvalue weighted by Crippen LogP contribution is 2.28. The first-order chi connectivity index (χ1) is 16.3. The Morgan fingerprint density at radius 2 is 1.59 bits per heavy atom. The first-order valence-corrected chi connectivity index (χ1v) is 10.8. The number of carboxylic acids is 1. The molecule has 0 unspecified atom stereocenters. The second kappa shape index (κ2) is 11.2. The lowest BCUT2D eigenvalue weighted by Crippen LogP contribution is -2.30. The highest BCUT2D eigenvalue weighted by Gasteiger charge is 2.18. The Balaban J connectivity index is 1.99. The van der Waals surface area contributed by atoms with Crippen LogP contribution in [0.3, 0.4) is 0 Å². The van der Waals surface area contributed by atoms with Gasteiger partial charge in [0, 0.05) is 5.56 Å². The molecule has 0 fully saturated rings. The number of methoxy groups -OCH3 is 2. The fraction of sp³-hybridized carbons (Fsp3) is 0.0800. The molecule has 2 amide bonds. The van der Waals surface area contributed by atoms with Crippen LogP contribution >= 0.6 is 15.9 Å². The molecule has 0 atom stereocenters. The third-order valence-electron chi connectivity index (χ3n) is 4.71. The number of carboxylic acid groups (broad SMARTS) is 1. The van der Waals surface area contributed by atoms with Gasteiger partial charge in [-0.3, -0.25) is 9.59 Å². The van der Waals surface area contributed by atoms with Crippen molar-refractivity contribution in [2.45, 2.75) is 0 Å². The van der Waals surface area contributed by atoms with Gasteiger partial charge < -0.3 is 25.2 Å². The Hall–Kier alpha value is -4.11. The molecule has 0 spiro atoms. The Labute approximate surface area is 204 Å². The standard InChI is InChI=1S/C25H21BrN2O6/c1-33-21-11-9-17(25(31)32)14-19(21)27-24(30)20(28-23(29)16-6-4-3-5-7-16)12-15-8-10-18(26)22(13-15)34-2/h3-14H,1-2H3,(H,27,30)(H,28,29)(H,31,32). The largest absolute Gasteiger partial charge is 0.496 e. The molecule has 0 aliphatic rings. The normalized spacial score (nSPS) is 10.9. The number of benzene rings is 3. The topological polar surface area (TPSA) is 114 Å². The minimum Gasteiger partial charge on any atom is -0.496 e. The zero-order valence-corrected chi connectivity index (χ0v) is 19.9. The van der Waals surface area contributed by atoms with E-state index in [-0.39, 0.29) is 22.7 Å². The number of nitrogens with one attached hydrogen (secondary N) is 2. The Kier molecular flexibility index (Phi) is 8.05. The van der Waals surface area contributed by atoms with Crippen molar-refractivity contribution in [2.75, 3.05) is 19.5 Å². The number of hydrogen-bond acceptors (Lipinski definition) is 5. The number of halogens is 1. The number of anilines is 1. The molecule has 0 heterocycles. The van der Waals surface area contributed by atoms with Gasteiger partial charge in [0.15, 0.2) is 0 Å². The van der Waals surface area contributed by atoms with Gasteiger partial charge in [0.1, 0.15) is 17.2 Å². The van der Waals surface area contributed by atoms with Crippen LogP contribution in [0.15, 0.2) is 76.9 Å². The number of rotatable bonds is 8. The lowest BCUT2D eigenvalue weighted by molar-refractivity contribution is -0.113. The highest BCUT2D eigenvalue weighted by molar-refractivity contribution is 9.10. The van der Waals surface area contributed by atoms with Gasteiger partial charge in [-0.05, 0) is 70.0 Å². The summed E-state index contributed by atoms with van der Waals surface area (Å²) in [6.45, 7) is 0. The first-order valence-electron chi connectivity index (χ1n) is 9.96. The molecule has 0 saturated carbocycles. The van der Waals surface area contributed by atoms with E-state index in [0.29, 0.717) is 16.9 Å². The molecule has 9 heteroatoms. The predicted octanol–water partition coefficient (Wildman–Crippen LogP) is 4.57.